The standard InChI is InChI=1S/C25H34N8O7/c1-3-15(2)23(28-20(34)9-10-22(36)37)25(39)27-13-21(35)33-14-17(40-16-7-5-4-6-8-16)11-18(33)24(38)26-12-19-29-31-32-30-19/h4-8,15,17-18,23H,3,9-14H2,1-2H3,(H,26,38)(H,27,39)(H,28,34)(H,36,37)(H,29,30,31,32)/t15-,17-,18?,23-/m0/s1. The molecule has 0 spiro atoms. The Bertz CT molecular complexity index is 1160. The lowest BCUT2D eigenvalue weighted by molar-refractivity contribution is -0.140. The Kier molecular flexibility index (Phi) is 10.9. The van der Waals surface area contributed by atoms with Crippen molar-refractivity contribution in [1.82, 2.24) is 41.5 Å². The first-order chi connectivity index (χ1) is 19.2. The number of rotatable bonds is 14. The highest BCUT2D eigenvalue weighted by atomic mass is 16.5. The molecule has 4 atom stereocenters. The molecule has 1 fully saturated rings. The molecule has 1 aliphatic heterocycles. The van der Waals surface area contributed by atoms with Crippen LogP contribution >= 0.6 is 0 Å². The number of tetrazole rings is 1. The SMILES string of the molecule is CC[C@H](C)[C@H](NC(=O)CCC(=O)O)C(=O)NCC(=O)N1C[C@@H](Oc2ccccc2)CC1C(=O)NCc1nn[nH]n1. The number of para-hydroxylation sites is 1. The molecule has 0 saturated carbocycles. The van der Waals surface area contributed by atoms with Crippen molar-refractivity contribution in [3.05, 3.63) is 36.2 Å². The molecule has 1 aromatic carbocycles. The quantitative estimate of drug-likeness (QED) is 0.198. The lowest BCUT2D eigenvalue weighted by Gasteiger charge is -2.26. The number of nitrogens with one attached hydrogen (secondary N) is 4. The van der Waals surface area contributed by atoms with Crippen LogP contribution in [-0.2, 0) is 30.5 Å². The van der Waals surface area contributed by atoms with Crippen LogP contribution in [0.2, 0.25) is 0 Å². The average Bonchev–Trinajstić information content (AvgIpc) is 3.62. The number of carbonyl (C=O) groups is 5. The largest absolute Gasteiger partial charge is 0.488 e. The van der Waals surface area contributed by atoms with E-state index in [2.05, 4.69) is 36.6 Å². The molecule has 2 heterocycles. The maximum Gasteiger partial charge on any atom is 0.303 e. The Hall–Kier alpha value is -4.56. The molecule has 1 unspecified atom stereocenters. The number of hydrogen-bond donors (Lipinski definition) is 5. The first-order valence-electron chi connectivity index (χ1n) is 13.0. The predicted molar refractivity (Wildman–Crippen MR) is 138 cm³/mol. The van der Waals surface area contributed by atoms with Gasteiger partial charge in [-0.2, -0.15) is 5.21 Å². The van der Waals surface area contributed by atoms with Crippen molar-refractivity contribution in [2.75, 3.05) is 13.1 Å². The monoisotopic (exact) mass is 558 g/mol. The minimum Gasteiger partial charge on any atom is -0.488 e. The Morgan fingerprint density at radius 1 is 1.15 bits per heavy atom. The molecular weight excluding hydrogens is 524 g/mol. The van der Waals surface area contributed by atoms with Crippen LogP contribution in [0.25, 0.3) is 0 Å². The van der Waals surface area contributed by atoms with Crippen LogP contribution in [0.3, 0.4) is 0 Å². The minimum atomic E-state index is -1.12. The summed E-state index contributed by atoms with van der Waals surface area (Å²) in [6.45, 7) is 3.31. The molecule has 15 nitrogen and oxygen atoms in total. The van der Waals surface area contributed by atoms with E-state index in [1.54, 1.807) is 19.1 Å². The van der Waals surface area contributed by atoms with E-state index < -0.39 is 54.3 Å². The fraction of sp³-hybridized carbons (Fsp3) is 0.520. The first-order valence-corrected chi connectivity index (χ1v) is 13.0. The van der Waals surface area contributed by atoms with E-state index in [4.69, 9.17) is 9.84 Å². The van der Waals surface area contributed by atoms with Crippen molar-refractivity contribution in [2.24, 2.45) is 5.92 Å². The van der Waals surface area contributed by atoms with Crippen molar-refractivity contribution >= 4 is 29.6 Å². The molecule has 4 amide bonds. The minimum absolute atomic E-state index is 0.00692. The van der Waals surface area contributed by atoms with Gasteiger partial charge in [0.15, 0.2) is 5.82 Å². The average molecular weight is 559 g/mol. The second-order valence-electron chi connectivity index (χ2n) is 9.44. The van der Waals surface area contributed by atoms with E-state index in [1.807, 2.05) is 25.1 Å². The molecule has 0 aliphatic carbocycles. The highest BCUT2D eigenvalue weighted by Gasteiger charge is 2.41. The number of aromatic amines is 1. The van der Waals surface area contributed by atoms with Crippen molar-refractivity contribution in [1.29, 1.82) is 0 Å². The van der Waals surface area contributed by atoms with Gasteiger partial charge >= 0.3 is 5.97 Å². The summed E-state index contributed by atoms with van der Waals surface area (Å²) in [6.07, 6.45) is -0.327. The third-order valence-corrected chi connectivity index (χ3v) is 6.53. The summed E-state index contributed by atoms with van der Waals surface area (Å²) in [7, 11) is 0. The van der Waals surface area contributed by atoms with E-state index in [-0.39, 0.29) is 44.1 Å². The molecular formula is C25H34N8O7. The number of nitrogens with zero attached hydrogens (tertiary/aromatic N) is 4. The zero-order valence-electron chi connectivity index (χ0n) is 22.3. The first kappa shape index (κ1) is 30.0. The molecule has 2 aromatic rings. The van der Waals surface area contributed by atoms with Crippen molar-refractivity contribution in [3.63, 3.8) is 0 Å². The number of likely N-dealkylation sites (tertiary alicyclic amines) is 1. The number of hydrogen-bond acceptors (Lipinski definition) is 9. The van der Waals surface area contributed by atoms with Gasteiger partial charge < -0.3 is 30.7 Å². The lowest BCUT2D eigenvalue weighted by Crippen LogP contribution is -2.53. The Balaban J connectivity index is 1.64. The summed E-state index contributed by atoms with van der Waals surface area (Å²) in [5.41, 5.74) is 0. The van der Waals surface area contributed by atoms with Gasteiger partial charge in [-0.25, -0.2) is 0 Å². The van der Waals surface area contributed by atoms with Gasteiger partial charge in [-0.1, -0.05) is 43.7 Å². The summed E-state index contributed by atoms with van der Waals surface area (Å²) in [4.78, 5) is 63.5. The van der Waals surface area contributed by atoms with E-state index >= 15 is 0 Å². The molecule has 15 heteroatoms. The maximum absolute atomic E-state index is 13.2. The van der Waals surface area contributed by atoms with Crippen LogP contribution < -0.4 is 20.7 Å². The van der Waals surface area contributed by atoms with Crippen LogP contribution in [-0.4, -0.2) is 91.5 Å². The van der Waals surface area contributed by atoms with Gasteiger partial charge in [0, 0.05) is 12.8 Å². The number of aromatic nitrogens is 4. The van der Waals surface area contributed by atoms with E-state index in [0.29, 0.717) is 12.2 Å². The van der Waals surface area contributed by atoms with Gasteiger partial charge in [0.2, 0.25) is 23.6 Å². The van der Waals surface area contributed by atoms with Crippen LogP contribution in [0, 0.1) is 5.92 Å². The Morgan fingerprint density at radius 2 is 1.90 bits per heavy atom. The molecule has 1 saturated heterocycles. The van der Waals surface area contributed by atoms with Crippen LogP contribution in [0.1, 0.15) is 45.4 Å². The smallest absolute Gasteiger partial charge is 0.303 e. The van der Waals surface area contributed by atoms with E-state index in [0.717, 1.165) is 0 Å². The maximum atomic E-state index is 13.2. The molecule has 0 bridgehead atoms. The molecule has 40 heavy (non-hydrogen) atoms. The highest BCUT2D eigenvalue weighted by molar-refractivity contribution is 5.93. The third-order valence-electron chi connectivity index (χ3n) is 6.53. The second-order valence-corrected chi connectivity index (χ2v) is 9.44. The Labute approximate surface area is 230 Å². The lowest BCUT2D eigenvalue weighted by atomic mass is 9.98. The topological polar surface area (TPSA) is 209 Å². The van der Waals surface area contributed by atoms with E-state index in [1.165, 1.54) is 4.90 Å². The zero-order chi connectivity index (χ0) is 29.1. The zero-order valence-corrected chi connectivity index (χ0v) is 22.3. The summed E-state index contributed by atoms with van der Waals surface area (Å²) >= 11 is 0. The molecule has 5 N–H and O–H groups in total. The van der Waals surface area contributed by atoms with Crippen LogP contribution in [0.15, 0.2) is 30.3 Å². The number of carboxylic acid groups (broad SMARTS) is 1. The Morgan fingerprint density at radius 3 is 2.55 bits per heavy atom. The number of carbonyl (C=O) groups excluding carboxylic acids is 4. The van der Waals surface area contributed by atoms with Gasteiger partial charge in [0.05, 0.1) is 26.1 Å². The number of aliphatic carboxylic acids is 1. The second kappa shape index (κ2) is 14.6. The summed E-state index contributed by atoms with van der Waals surface area (Å²) in [5.74, 6) is -2.64. The van der Waals surface area contributed by atoms with Gasteiger partial charge in [0.25, 0.3) is 0 Å². The molecule has 3 rings (SSSR count). The van der Waals surface area contributed by atoms with Gasteiger partial charge in [-0.3, -0.25) is 24.0 Å². The van der Waals surface area contributed by atoms with Crippen molar-refractivity contribution < 1.29 is 33.8 Å². The number of carboxylic acids is 1. The number of ether oxygens (including phenoxy) is 1. The van der Waals surface area contributed by atoms with Crippen molar-refractivity contribution in [2.45, 2.75) is 64.3 Å². The summed E-state index contributed by atoms with van der Waals surface area (Å²) in [5, 5.41) is 29.9. The molecule has 0 radical (unpaired) electrons. The fourth-order valence-electron chi connectivity index (χ4n) is 4.18. The highest BCUT2D eigenvalue weighted by Crippen LogP contribution is 2.23. The predicted octanol–water partition coefficient (Wildman–Crippen LogP) is -0.624. The normalized spacial score (nSPS) is 17.9. The molecule has 1 aromatic heterocycles. The van der Waals surface area contributed by atoms with Gasteiger partial charge in [-0.05, 0) is 18.1 Å². The fourth-order valence-corrected chi connectivity index (χ4v) is 4.18. The van der Waals surface area contributed by atoms with Crippen molar-refractivity contribution in [3.8, 4) is 5.75 Å². The van der Waals surface area contributed by atoms with Crippen LogP contribution in [0.4, 0.5) is 0 Å². The summed E-state index contributed by atoms with van der Waals surface area (Å²) < 4.78 is 5.99. The van der Waals surface area contributed by atoms with Crippen LogP contribution in [0.5, 0.6) is 5.75 Å². The summed E-state index contributed by atoms with van der Waals surface area (Å²) in [6, 6.07) is 7.19. The number of benzene rings is 1. The molecule has 216 valence electrons. The van der Waals surface area contributed by atoms with Gasteiger partial charge in [0.1, 0.15) is 23.9 Å². The number of H-pyrrole nitrogens is 1. The third kappa shape index (κ3) is 8.74. The van der Waals surface area contributed by atoms with Gasteiger partial charge in [-0.15, -0.1) is 10.2 Å². The molecule has 1 aliphatic rings. The van der Waals surface area contributed by atoms with E-state index in [9.17, 15) is 24.0 Å². The number of amides is 4.